The van der Waals surface area contributed by atoms with E-state index in [4.69, 9.17) is 0 Å². The summed E-state index contributed by atoms with van der Waals surface area (Å²) in [7, 11) is 0. The van der Waals surface area contributed by atoms with Crippen LogP contribution in [0.3, 0.4) is 0 Å². The highest BCUT2D eigenvalue weighted by Crippen LogP contribution is 2.23. The Morgan fingerprint density at radius 1 is 1.06 bits per heavy atom. The van der Waals surface area contributed by atoms with E-state index in [0.717, 1.165) is 17.7 Å². The van der Waals surface area contributed by atoms with E-state index in [1.54, 1.807) is 0 Å². The van der Waals surface area contributed by atoms with Crippen LogP contribution in [-0.4, -0.2) is 11.1 Å². The van der Waals surface area contributed by atoms with Gasteiger partial charge in [-0.2, -0.15) is 0 Å². The summed E-state index contributed by atoms with van der Waals surface area (Å²) in [6.07, 6.45) is 8.16. The Morgan fingerprint density at radius 3 is 2.17 bits per heavy atom. The van der Waals surface area contributed by atoms with Crippen molar-refractivity contribution in [2.45, 2.75) is 65.0 Å². The Labute approximate surface area is 110 Å². The highest BCUT2D eigenvalue weighted by Gasteiger charge is 2.11. The molecule has 1 aliphatic carbocycles. The summed E-state index contributed by atoms with van der Waals surface area (Å²) in [6, 6.07) is 4.86. The van der Waals surface area contributed by atoms with Gasteiger partial charge >= 0.3 is 0 Å². The molecule has 0 amide bonds. The van der Waals surface area contributed by atoms with E-state index in [9.17, 15) is 5.11 Å². The second kappa shape index (κ2) is 6.24. The maximum absolute atomic E-state index is 9.76. The first-order valence-electron chi connectivity index (χ1n) is 7.19. The number of nitrogens with one attached hydrogen (secondary N) is 1. The van der Waals surface area contributed by atoms with Crippen LogP contribution >= 0.6 is 0 Å². The Kier molecular flexibility index (Phi) is 4.65. The van der Waals surface area contributed by atoms with Gasteiger partial charge in [0.15, 0.2) is 0 Å². The minimum atomic E-state index is 0.438. The summed E-state index contributed by atoms with van der Waals surface area (Å²) in [6.45, 7) is 4.86. The molecule has 0 aromatic heterocycles. The molecule has 18 heavy (non-hydrogen) atoms. The predicted octanol–water partition coefficient (Wildman–Crippen LogP) is 3.82. The SMILES string of the molecule is Cc1cc(CNC2CCCCCC2)cc(C)c1O. The van der Waals surface area contributed by atoms with Crippen molar-refractivity contribution in [1.29, 1.82) is 0 Å². The van der Waals surface area contributed by atoms with Gasteiger partial charge in [-0.15, -0.1) is 0 Å². The first-order chi connectivity index (χ1) is 8.66. The molecule has 0 unspecified atom stereocenters. The molecular weight excluding hydrogens is 222 g/mol. The first kappa shape index (κ1) is 13.4. The molecule has 100 valence electrons. The number of hydrogen-bond acceptors (Lipinski definition) is 2. The standard InChI is InChI=1S/C16H25NO/c1-12-9-14(10-13(2)16(12)18)11-17-15-7-5-3-4-6-8-15/h9-10,15,17-18H,3-8,11H2,1-2H3. The quantitative estimate of drug-likeness (QED) is 0.796. The van der Waals surface area contributed by atoms with E-state index in [2.05, 4.69) is 17.4 Å². The van der Waals surface area contributed by atoms with Crippen molar-refractivity contribution in [2.24, 2.45) is 0 Å². The van der Waals surface area contributed by atoms with E-state index >= 15 is 0 Å². The van der Waals surface area contributed by atoms with E-state index < -0.39 is 0 Å². The third-order valence-corrected chi connectivity index (χ3v) is 4.00. The van der Waals surface area contributed by atoms with Gasteiger partial charge in [-0.3, -0.25) is 0 Å². The Morgan fingerprint density at radius 2 is 1.61 bits per heavy atom. The maximum atomic E-state index is 9.76. The zero-order chi connectivity index (χ0) is 13.0. The lowest BCUT2D eigenvalue weighted by Crippen LogP contribution is -2.27. The maximum Gasteiger partial charge on any atom is 0.121 e. The molecule has 1 fully saturated rings. The average Bonchev–Trinajstić information content (AvgIpc) is 2.61. The lowest BCUT2D eigenvalue weighted by atomic mass is 10.0. The van der Waals surface area contributed by atoms with Crippen molar-refractivity contribution in [2.75, 3.05) is 0 Å². The topological polar surface area (TPSA) is 32.3 Å². The number of aryl methyl sites for hydroxylation is 2. The van der Waals surface area contributed by atoms with Crippen molar-refractivity contribution in [3.8, 4) is 5.75 Å². The van der Waals surface area contributed by atoms with Crippen LogP contribution in [0.15, 0.2) is 12.1 Å². The molecule has 2 heteroatoms. The van der Waals surface area contributed by atoms with Gasteiger partial charge < -0.3 is 10.4 Å². The lowest BCUT2D eigenvalue weighted by Gasteiger charge is -2.17. The molecule has 2 rings (SSSR count). The summed E-state index contributed by atoms with van der Waals surface area (Å²) in [4.78, 5) is 0. The highest BCUT2D eigenvalue weighted by molar-refractivity contribution is 5.42. The number of hydrogen-bond donors (Lipinski definition) is 2. The van der Waals surface area contributed by atoms with Crippen LogP contribution in [0.25, 0.3) is 0 Å². The van der Waals surface area contributed by atoms with Crippen molar-refractivity contribution in [1.82, 2.24) is 5.32 Å². The third-order valence-electron chi connectivity index (χ3n) is 4.00. The van der Waals surface area contributed by atoms with E-state index in [-0.39, 0.29) is 0 Å². The highest BCUT2D eigenvalue weighted by atomic mass is 16.3. The summed E-state index contributed by atoms with van der Waals surface area (Å²) in [5.41, 5.74) is 3.24. The van der Waals surface area contributed by atoms with Gasteiger partial charge in [-0.05, 0) is 43.4 Å². The molecule has 1 saturated carbocycles. The molecule has 0 spiro atoms. The lowest BCUT2D eigenvalue weighted by molar-refractivity contribution is 0.456. The van der Waals surface area contributed by atoms with Gasteiger partial charge in [0.25, 0.3) is 0 Å². The Hall–Kier alpha value is -1.02. The Bertz CT molecular complexity index is 369. The van der Waals surface area contributed by atoms with E-state index in [1.807, 2.05) is 13.8 Å². The number of benzene rings is 1. The van der Waals surface area contributed by atoms with Crippen molar-refractivity contribution >= 4 is 0 Å². The number of phenols is 1. The van der Waals surface area contributed by atoms with Gasteiger partial charge in [-0.1, -0.05) is 37.8 Å². The van der Waals surface area contributed by atoms with Crippen molar-refractivity contribution in [3.63, 3.8) is 0 Å². The van der Waals surface area contributed by atoms with Gasteiger partial charge in [0.05, 0.1) is 0 Å². The molecule has 1 aromatic carbocycles. The van der Waals surface area contributed by atoms with Crippen LogP contribution in [0.4, 0.5) is 0 Å². The number of phenolic OH excluding ortho intramolecular Hbond substituents is 1. The number of rotatable bonds is 3. The molecule has 0 aliphatic heterocycles. The molecule has 2 nitrogen and oxygen atoms in total. The first-order valence-corrected chi connectivity index (χ1v) is 7.19. The smallest absolute Gasteiger partial charge is 0.121 e. The van der Waals surface area contributed by atoms with E-state index in [1.165, 1.54) is 44.1 Å². The second-order valence-corrected chi connectivity index (χ2v) is 5.65. The molecule has 0 atom stereocenters. The fraction of sp³-hybridized carbons (Fsp3) is 0.625. The minimum Gasteiger partial charge on any atom is -0.507 e. The van der Waals surface area contributed by atoms with Crippen molar-refractivity contribution < 1.29 is 5.11 Å². The summed E-state index contributed by atoms with van der Waals surface area (Å²) in [5.74, 6) is 0.438. The van der Waals surface area contributed by atoms with E-state index in [0.29, 0.717) is 11.8 Å². The molecule has 1 aromatic rings. The van der Waals surface area contributed by atoms with Crippen LogP contribution in [0, 0.1) is 13.8 Å². The molecule has 0 radical (unpaired) electrons. The van der Waals surface area contributed by atoms with Crippen molar-refractivity contribution in [3.05, 3.63) is 28.8 Å². The van der Waals surface area contributed by atoms with Gasteiger partial charge in [-0.25, -0.2) is 0 Å². The van der Waals surface area contributed by atoms with Crippen LogP contribution in [0.5, 0.6) is 5.75 Å². The van der Waals surface area contributed by atoms with Gasteiger partial charge in [0, 0.05) is 12.6 Å². The Balaban J connectivity index is 1.93. The van der Waals surface area contributed by atoms with Gasteiger partial charge in [0.2, 0.25) is 0 Å². The molecule has 0 saturated heterocycles. The normalized spacial score (nSPS) is 17.7. The minimum absolute atomic E-state index is 0.438. The molecule has 2 N–H and O–H groups in total. The molecular formula is C16H25NO. The third kappa shape index (κ3) is 3.49. The van der Waals surface area contributed by atoms with Crippen LogP contribution in [0.1, 0.15) is 55.2 Å². The summed E-state index contributed by atoms with van der Waals surface area (Å²) < 4.78 is 0. The largest absolute Gasteiger partial charge is 0.507 e. The van der Waals surface area contributed by atoms with Gasteiger partial charge in [0.1, 0.15) is 5.75 Å². The zero-order valence-electron chi connectivity index (χ0n) is 11.6. The summed E-state index contributed by atoms with van der Waals surface area (Å²) >= 11 is 0. The predicted molar refractivity (Wildman–Crippen MR) is 75.9 cm³/mol. The monoisotopic (exact) mass is 247 g/mol. The molecule has 0 heterocycles. The molecule has 1 aliphatic rings. The fourth-order valence-electron chi connectivity index (χ4n) is 2.89. The average molecular weight is 247 g/mol. The zero-order valence-corrected chi connectivity index (χ0v) is 11.6. The van der Waals surface area contributed by atoms with Crippen LogP contribution in [0.2, 0.25) is 0 Å². The van der Waals surface area contributed by atoms with Crippen LogP contribution < -0.4 is 5.32 Å². The fourth-order valence-corrected chi connectivity index (χ4v) is 2.89. The molecule has 0 bridgehead atoms. The second-order valence-electron chi connectivity index (χ2n) is 5.65. The number of aromatic hydroxyl groups is 1. The van der Waals surface area contributed by atoms with Crippen LogP contribution in [-0.2, 0) is 6.54 Å². The summed E-state index contributed by atoms with van der Waals surface area (Å²) in [5, 5.41) is 13.4.